The zero-order valence-electron chi connectivity index (χ0n) is 7.92. The van der Waals surface area contributed by atoms with Crippen molar-refractivity contribution in [2.75, 3.05) is 5.73 Å². The van der Waals surface area contributed by atoms with Crippen molar-refractivity contribution in [3.63, 3.8) is 0 Å². The van der Waals surface area contributed by atoms with E-state index in [0.29, 0.717) is 6.10 Å². The number of hydrogen-bond donors (Lipinski definition) is 1. The van der Waals surface area contributed by atoms with E-state index in [9.17, 15) is 0 Å². The van der Waals surface area contributed by atoms with Gasteiger partial charge in [0.1, 0.15) is 11.9 Å². The third-order valence-electron chi connectivity index (χ3n) is 2.51. The van der Waals surface area contributed by atoms with Crippen LogP contribution in [0.15, 0.2) is 18.2 Å². The highest BCUT2D eigenvalue weighted by Gasteiger charge is 2.23. The van der Waals surface area contributed by atoms with Crippen LogP contribution in [-0.4, -0.2) is 6.10 Å². The number of fused-ring (bicyclic) bond motifs is 1. The number of nitrogens with two attached hydrogens (primary N) is 1. The van der Waals surface area contributed by atoms with Crippen LogP contribution in [0.2, 0.25) is 0 Å². The summed E-state index contributed by atoms with van der Waals surface area (Å²) >= 11 is 0. The maximum absolute atomic E-state index is 5.85. The molecule has 0 spiro atoms. The van der Waals surface area contributed by atoms with E-state index in [1.165, 1.54) is 12.0 Å². The second kappa shape index (κ2) is 3.29. The van der Waals surface area contributed by atoms with Crippen LogP contribution < -0.4 is 10.5 Å². The monoisotopic (exact) mass is 177 g/mol. The number of ether oxygens (including phenoxy) is 1. The summed E-state index contributed by atoms with van der Waals surface area (Å²) < 4.78 is 5.75. The minimum absolute atomic E-state index is 0.352. The number of anilines is 1. The van der Waals surface area contributed by atoms with E-state index >= 15 is 0 Å². The van der Waals surface area contributed by atoms with Gasteiger partial charge in [0.2, 0.25) is 0 Å². The van der Waals surface area contributed by atoms with Gasteiger partial charge >= 0.3 is 0 Å². The number of nitrogen functional groups attached to an aromatic ring is 1. The van der Waals surface area contributed by atoms with Crippen molar-refractivity contribution in [2.24, 2.45) is 0 Å². The Hall–Kier alpha value is -1.18. The van der Waals surface area contributed by atoms with Crippen molar-refractivity contribution in [3.8, 4) is 5.75 Å². The van der Waals surface area contributed by atoms with E-state index in [2.05, 4.69) is 6.92 Å². The molecule has 1 aliphatic heterocycles. The van der Waals surface area contributed by atoms with Crippen LogP contribution in [-0.2, 0) is 6.42 Å². The molecule has 1 aromatic carbocycles. The Morgan fingerprint density at radius 3 is 3.08 bits per heavy atom. The molecule has 0 bridgehead atoms. The summed E-state index contributed by atoms with van der Waals surface area (Å²) in [6, 6.07) is 5.89. The van der Waals surface area contributed by atoms with E-state index in [1.54, 1.807) is 0 Å². The quantitative estimate of drug-likeness (QED) is 0.704. The first-order chi connectivity index (χ1) is 6.31. The average molecular weight is 177 g/mol. The van der Waals surface area contributed by atoms with Gasteiger partial charge in [-0.3, -0.25) is 0 Å². The van der Waals surface area contributed by atoms with Gasteiger partial charge in [-0.1, -0.05) is 19.4 Å². The molecule has 0 radical (unpaired) electrons. The van der Waals surface area contributed by atoms with Crippen LogP contribution in [0.4, 0.5) is 5.69 Å². The molecule has 70 valence electrons. The van der Waals surface area contributed by atoms with Gasteiger partial charge in [0.05, 0.1) is 0 Å². The topological polar surface area (TPSA) is 35.2 Å². The van der Waals surface area contributed by atoms with Crippen molar-refractivity contribution < 1.29 is 4.74 Å². The molecule has 0 aliphatic carbocycles. The fourth-order valence-electron chi connectivity index (χ4n) is 1.84. The lowest BCUT2D eigenvalue weighted by Gasteiger charge is -2.07. The van der Waals surface area contributed by atoms with Crippen molar-refractivity contribution in [3.05, 3.63) is 23.8 Å². The summed E-state index contributed by atoms with van der Waals surface area (Å²) in [5, 5.41) is 0. The SMILES string of the molecule is CCCC1Cc2c(N)cccc2O1. The maximum Gasteiger partial charge on any atom is 0.125 e. The first-order valence-electron chi connectivity index (χ1n) is 4.85. The molecule has 1 heterocycles. The first-order valence-corrected chi connectivity index (χ1v) is 4.85. The Morgan fingerprint density at radius 2 is 2.38 bits per heavy atom. The summed E-state index contributed by atoms with van der Waals surface area (Å²) in [6.07, 6.45) is 3.62. The summed E-state index contributed by atoms with van der Waals surface area (Å²) in [5.74, 6) is 0.985. The van der Waals surface area contributed by atoms with Crippen LogP contribution in [0.1, 0.15) is 25.3 Å². The van der Waals surface area contributed by atoms with Gasteiger partial charge in [0.25, 0.3) is 0 Å². The summed E-state index contributed by atoms with van der Waals surface area (Å²) in [7, 11) is 0. The van der Waals surface area contributed by atoms with Crippen molar-refractivity contribution in [1.82, 2.24) is 0 Å². The molecule has 0 amide bonds. The van der Waals surface area contributed by atoms with Gasteiger partial charge in [-0.25, -0.2) is 0 Å². The normalized spacial score (nSPS) is 19.6. The molecule has 2 heteroatoms. The molecule has 13 heavy (non-hydrogen) atoms. The van der Waals surface area contributed by atoms with Crippen LogP contribution in [0.5, 0.6) is 5.75 Å². The van der Waals surface area contributed by atoms with E-state index < -0.39 is 0 Å². The molecule has 0 aromatic heterocycles. The fourth-order valence-corrected chi connectivity index (χ4v) is 1.84. The van der Waals surface area contributed by atoms with Gasteiger partial charge in [0, 0.05) is 17.7 Å². The standard InChI is InChI=1S/C11H15NO/c1-2-4-8-7-9-10(12)5-3-6-11(9)13-8/h3,5-6,8H,2,4,7,12H2,1H3. The molecule has 0 fully saturated rings. The Balaban J connectivity index is 2.20. The molecule has 1 unspecified atom stereocenters. The highest BCUT2D eigenvalue weighted by molar-refractivity contribution is 5.56. The first kappa shape index (κ1) is 8.42. The average Bonchev–Trinajstić information content (AvgIpc) is 2.49. The molecule has 1 aliphatic rings. The molecule has 1 aromatic rings. The molecule has 0 saturated carbocycles. The van der Waals surface area contributed by atoms with Crippen LogP contribution >= 0.6 is 0 Å². The largest absolute Gasteiger partial charge is 0.490 e. The maximum atomic E-state index is 5.85. The van der Waals surface area contributed by atoms with E-state index in [0.717, 1.165) is 24.3 Å². The minimum Gasteiger partial charge on any atom is -0.490 e. The zero-order valence-corrected chi connectivity index (χ0v) is 7.92. The number of hydrogen-bond acceptors (Lipinski definition) is 2. The van der Waals surface area contributed by atoms with Gasteiger partial charge in [-0.05, 0) is 18.6 Å². The fraction of sp³-hybridized carbons (Fsp3) is 0.455. The van der Waals surface area contributed by atoms with Crippen molar-refractivity contribution >= 4 is 5.69 Å². The van der Waals surface area contributed by atoms with Crippen molar-refractivity contribution in [2.45, 2.75) is 32.3 Å². The Labute approximate surface area is 78.7 Å². The third kappa shape index (κ3) is 1.48. The number of rotatable bonds is 2. The van der Waals surface area contributed by atoms with Gasteiger partial charge in [-0.2, -0.15) is 0 Å². The molecule has 0 saturated heterocycles. The third-order valence-corrected chi connectivity index (χ3v) is 2.51. The predicted molar refractivity (Wildman–Crippen MR) is 53.9 cm³/mol. The van der Waals surface area contributed by atoms with Crippen molar-refractivity contribution in [1.29, 1.82) is 0 Å². The highest BCUT2D eigenvalue weighted by Crippen LogP contribution is 2.34. The molecule has 2 rings (SSSR count). The number of benzene rings is 1. The molecule has 2 nitrogen and oxygen atoms in total. The van der Waals surface area contributed by atoms with E-state index in [-0.39, 0.29) is 0 Å². The minimum atomic E-state index is 0.352. The van der Waals surface area contributed by atoms with Crippen LogP contribution in [0, 0.1) is 0 Å². The molecular weight excluding hydrogens is 162 g/mol. The molecular formula is C11H15NO. The summed E-state index contributed by atoms with van der Waals surface area (Å²) in [4.78, 5) is 0. The Bertz CT molecular complexity index is 309. The highest BCUT2D eigenvalue weighted by atomic mass is 16.5. The van der Waals surface area contributed by atoms with Gasteiger partial charge in [-0.15, -0.1) is 0 Å². The second-order valence-electron chi connectivity index (χ2n) is 3.56. The lowest BCUT2D eigenvalue weighted by molar-refractivity contribution is 0.220. The predicted octanol–water partition coefficient (Wildman–Crippen LogP) is 2.37. The Morgan fingerprint density at radius 1 is 1.54 bits per heavy atom. The lowest BCUT2D eigenvalue weighted by Crippen LogP contribution is -2.11. The lowest BCUT2D eigenvalue weighted by atomic mass is 10.1. The van der Waals surface area contributed by atoms with Gasteiger partial charge < -0.3 is 10.5 Å². The summed E-state index contributed by atoms with van der Waals surface area (Å²) in [5.41, 5.74) is 7.92. The zero-order chi connectivity index (χ0) is 9.26. The summed E-state index contributed by atoms with van der Waals surface area (Å²) in [6.45, 7) is 2.18. The van der Waals surface area contributed by atoms with Gasteiger partial charge in [0.15, 0.2) is 0 Å². The van der Waals surface area contributed by atoms with Crippen LogP contribution in [0.3, 0.4) is 0 Å². The molecule has 1 atom stereocenters. The van der Waals surface area contributed by atoms with E-state index in [4.69, 9.17) is 10.5 Å². The molecule has 2 N–H and O–H groups in total. The van der Waals surface area contributed by atoms with E-state index in [1.807, 2.05) is 18.2 Å². The second-order valence-corrected chi connectivity index (χ2v) is 3.56. The Kier molecular flexibility index (Phi) is 2.13. The smallest absolute Gasteiger partial charge is 0.125 e. The van der Waals surface area contributed by atoms with Crippen LogP contribution in [0.25, 0.3) is 0 Å².